The molecule has 20 heavy (non-hydrogen) atoms. The van der Waals surface area contributed by atoms with Gasteiger partial charge in [-0.15, -0.1) is 10.2 Å². The SMILES string of the molecule is NCCc1nnc(NC(=O)c2cccc([N+](=O)[O-])c2)s1. The van der Waals surface area contributed by atoms with E-state index in [1.807, 2.05) is 0 Å². The number of rotatable bonds is 5. The van der Waals surface area contributed by atoms with Crippen LogP contribution in [0.15, 0.2) is 24.3 Å². The highest BCUT2D eigenvalue weighted by Gasteiger charge is 2.13. The monoisotopic (exact) mass is 293 g/mol. The molecule has 104 valence electrons. The molecule has 1 aromatic carbocycles. The van der Waals surface area contributed by atoms with Crippen LogP contribution in [0, 0.1) is 10.1 Å². The van der Waals surface area contributed by atoms with E-state index in [-0.39, 0.29) is 11.3 Å². The van der Waals surface area contributed by atoms with Crippen LogP contribution in [0.4, 0.5) is 10.8 Å². The van der Waals surface area contributed by atoms with Crippen molar-refractivity contribution < 1.29 is 9.72 Å². The summed E-state index contributed by atoms with van der Waals surface area (Å²) in [5.74, 6) is -0.468. The number of benzene rings is 1. The minimum absolute atomic E-state index is 0.140. The second kappa shape index (κ2) is 6.17. The lowest BCUT2D eigenvalue weighted by Gasteiger charge is -2.00. The van der Waals surface area contributed by atoms with Gasteiger partial charge in [-0.25, -0.2) is 0 Å². The van der Waals surface area contributed by atoms with Crippen LogP contribution in [0.2, 0.25) is 0 Å². The lowest BCUT2D eigenvalue weighted by Crippen LogP contribution is -2.11. The van der Waals surface area contributed by atoms with Crippen molar-refractivity contribution >= 4 is 28.1 Å². The van der Waals surface area contributed by atoms with Crippen LogP contribution in [0.5, 0.6) is 0 Å². The van der Waals surface area contributed by atoms with Gasteiger partial charge >= 0.3 is 0 Å². The third-order valence-corrected chi connectivity index (χ3v) is 3.26. The zero-order chi connectivity index (χ0) is 14.5. The first-order chi connectivity index (χ1) is 9.60. The second-order valence-corrected chi connectivity index (χ2v) is 4.86. The molecule has 0 saturated heterocycles. The Morgan fingerprint density at radius 2 is 2.25 bits per heavy atom. The largest absolute Gasteiger partial charge is 0.330 e. The van der Waals surface area contributed by atoms with E-state index in [2.05, 4.69) is 15.5 Å². The zero-order valence-electron chi connectivity index (χ0n) is 10.3. The maximum atomic E-state index is 11.9. The number of non-ortho nitro benzene ring substituents is 1. The molecule has 8 nitrogen and oxygen atoms in total. The number of nitrogens with two attached hydrogens (primary N) is 1. The summed E-state index contributed by atoms with van der Waals surface area (Å²) in [7, 11) is 0. The Morgan fingerprint density at radius 3 is 2.95 bits per heavy atom. The van der Waals surface area contributed by atoms with Gasteiger partial charge in [-0.1, -0.05) is 17.4 Å². The van der Waals surface area contributed by atoms with Gasteiger partial charge in [0.2, 0.25) is 5.13 Å². The topological polar surface area (TPSA) is 124 Å². The highest BCUT2D eigenvalue weighted by atomic mass is 32.1. The fourth-order valence-corrected chi connectivity index (χ4v) is 2.21. The zero-order valence-corrected chi connectivity index (χ0v) is 11.1. The third kappa shape index (κ3) is 3.33. The van der Waals surface area contributed by atoms with Gasteiger partial charge in [-0.2, -0.15) is 0 Å². The smallest absolute Gasteiger partial charge is 0.270 e. The van der Waals surface area contributed by atoms with Gasteiger partial charge in [0.25, 0.3) is 11.6 Å². The van der Waals surface area contributed by atoms with Crippen molar-refractivity contribution in [3.05, 3.63) is 45.0 Å². The Labute approximate surface area is 117 Å². The fourth-order valence-electron chi connectivity index (χ4n) is 1.46. The third-order valence-electron chi connectivity index (χ3n) is 2.36. The average molecular weight is 293 g/mol. The molecule has 0 radical (unpaired) electrons. The Bertz CT molecular complexity index is 642. The molecule has 9 heteroatoms. The molecule has 0 bridgehead atoms. The molecule has 0 aliphatic rings. The van der Waals surface area contributed by atoms with Crippen LogP contribution in [0.1, 0.15) is 15.4 Å². The van der Waals surface area contributed by atoms with E-state index in [0.29, 0.717) is 18.1 Å². The standard InChI is InChI=1S/C11H11N5O3S/c12-5-4-9-14-15-11(20-9)13-10(17)7-2-1-3-8(6-7)16(18)19/h1-3,6H,4-5,12H2,(H,13,15,17). The normalized spacial score (nSPS) is 10.2. The maximum absolute atomic E-state index is 11.9. The highest BCUT2D eigenvalue weighted by Crippen LogP contribution is 2.18. The van der Waals surface area contributed by atoms with Crippen molar-refractivity contribution in [3.63, 3.8) is 0 Å². The van der Waals surface area contributed by atoms with Crippen LogP contribution in [-0.2, 0) is 6.42 Å². The minimum atomic E-state index is -0.554. The molecule has 2 rings (SSSR count). The van der Waals surface area contributed by atoms with Gasteiger partial charge < -0.3 is 5.73 Å². The predicted molar refractivity (Wildman–Crippen MR) is 73.7 cm³/mol. The van der Waals surface area contributed by atoms with Gasteiger partial charge in [0, 0.05) is 24.1 Å². The molecule has 2 aromatic rings. The first kappa shape index (κ1) is 14.0. The summed E-state index contributed by atoms with van der Waals surface area (Å²) in [5, 5.41) is 21.9. The minimum Gasteiger partial charge on any atom is -0.330 e. The Morgan fingerprint density at radius 1 is 1.45 bits per heavy atom. The van der Waals surface area contributed by atoms with E-state index in [1.54, 1.807) is 0 Å². The number of hydrogen-bond donors (Lipinski definition) is 2. The molecule has 3 N–H and O–H groups in total. The van der Waals surface area contributed by atoms with E-state index in [4.69, 9.17) is 5.73 Å². The lowest BCUT2D eigenvalue weighted by atomic mass is 10.2. The summed E-state index contributed by atoms with van der Waals surface area (Å²) in [5.41, 5.74) is 5.44. The summed E-state index contributed by atoms with van der Waals surface area (Å²) in [6.45, 7) is 0.452. The van der Waals surface area contributed by atoms with E-state index in [1.165, 1.54) is 35.6 Å². The van der Waals surface area contributed by atoms with Gasteiger partial charge in [0.15, 0.2) is 0 Å². The molecule has 0 unspecified atom stereocenters. The second-order valence-electron chi connectivity index (χ2n) is 3.80. The van der Waals surface area contributed by atoms with Crippen molar-refractivity contribution in [1.82, 2.24) is 10.2 Å². The van der Waals surface area contributed by atoms with Crippen molar-refractivity contribution in [2.24, 2.45) is 5.73 Å². The molecular formula is C11H11N5O3S. The summed E-state index contributed by atoms with van der Waals surface area (Å²) in [6, 6.07) is 5.47. The number of nitrogens with one attached hydrogen (secondary N) is 1. The van der Waals surface area contributed by atoms with Crippen LogP contribution < -0.4 is 11.1 Å². The van der Waals surface area contributed by atoms with Gasteiger partial charge in [-0.3, -0.25) is 20.2 Å². The Hall–Kier alpha value is -2.39. The number of carbonyl (C=O) groups excluding carboxylic acids is 1. The first-order valence-corrected chi connectivity index (χ1v) is 6.50. The van der Waals surface area contributed by atoms with Crippen LogP contribution in [0.25, 0.3) is 0 Å². The average Bonchev–Trinajstić information content (AvgIpc) is 2.86. The molecule has 0 saturated carbocycles. The lowest BCUT2D eigenvalue weighted by molar-refractivity contribution is -0.384. The maximum Gasteiger partial charge on any atom is 0.270 e. The van der Waals surface area contributed by atoms with E-state index < -0.39 is 10.8 Å². The fraction of sp³-hybridized carbons (Fsp3) is 0.182. The summed E-state index contributed by atoms with van der Waals surface area (Å²) >= 11 is 1.22. The van der Waals surface area contributed by atoms with Crippen molar-refractivity contribution in [3.8, 4) is 0 Å². The summed E-state index contributed by atoms with van der Waals surface area (Å²) < 4.78 is 0. The number of anilines is 1. The van der Waals surface area contributed by atoms with E-state index in [0.717, 1.165) is 5.01 Å². The summed E-state index contributed by atoms with van der Waals surface area (Å²) in [6.07, 6.45) is 0.588. The quantitative estimate of drug-likeness (QED) is 0.630. The highest BCUT2D eigenvalue weighted by molar-refractivity contribution is 7.15. The molecule has 0 aliphatic heterocycles. The Balaban J connectivity index is 2.11. The van der Waals surface area contributed by atoms with E-state index in [9.17, 15) is 14.9 Å². The molecule has 1 amide bonds. The number of nitro groups is 1. The number of aromatic nitrogens is 2. The van der Waals surface area contributed by atoms with Crippen LogP contribution in [0.3, 0.4) is 0 Å². The molecule has 0 spiro atoms. The van der Waals surface area contributed by atoms with Crippen molar-refractivity contribution in [2.45, 2.75) is 6.42 Å². The van der Waals surface area contributed by atoms with Crippen LogP contribution in [-0.4, -0.2) is 27.6 Å². The van der Waals surface area contributed by atoms with Crippen LogP contribution >= 0.6 is 11.3 Å². The molecule has 1 aromatic heterocycles. The molecule has 0 aliphatic carbocycles. The Kier molecular flexibility index (Phi) is 4.33. The van der Waals surface area contributed by atoms with Gasteiger partial charge in [0.05, 0.1) is 4.92 Å². The number of nitro benzene ring substituents is 1. The number of amides is 1. The first-order valence-electron chi connectivity index (χ1n) is 5.68. The summed E-state index contributed by atoms with van der Waals surface area (Å²) in [4.78, 5) is 22.0. The molecular weight excluding hydrogens is 282 g/mol. The number of hydrogen-bond acceptors (Lipinski definition) is 7. The van der Waals surface area contributed by atoms with Crippen molar-refractivity contribution in [2.75, 3.05) is 11.9 Å². The van der Waals surface area contributed by atoms with E-state index >= 15 is 0 Å². The number of nitrogens with zero attached hydrogens (tertiary/aromatic N) is 3. The molecule has 0 fully saturated rings. The molecule has 1 heterocycles. The number of carbonyl (C=O) groups is 1. The van der Waals surface area contributed by atoms with Crippen molar-refractivity contribution in [1.29, 1.82) is 0 Å². The van der Waals surface area contributed by atoms with Gasteiger partial charge in [-0.05, 0) is 12.6 Å². The van der Waals surface area contributed by atoms with Gasteiger partial charge in [0.1, 0.15) is 5.01 Å². The molecule has 0 atom stereocenters. The predicted octanol–water partition coefficient (Wildman–Crippen LogP) is 1.20.